The van der Waals surface area contributed by atoms with Crippen molar-refractivity contribution in [3.05, 3.63) is 47.3 Å². The Balaban J connectivity index is 1.80. The van der Waals surface area contributed by atoms with E-state index in [9.17, 15) is 4.39 Å². The first-order chi connectivity index (χ1) is 10.7. The van der Waals surface area contributed by atoms with Crippen LogP contribution < -0.4 is 0 Å². The molecule has 0 aliphatic heterocycles. The van der Waals surface area contributed by atoms with E-state index in [4.69, 9.17) is 5.26 Å². The van der Waals surface area contributed by atoms with E-state index in [-0.39, 0.29) is 11.4 Å². The van der Waals surface area contributed by atoms with Crippen molar-refractivity contribution < 1.29 is 4.39 Å². The zero-order chi connectivity index (χ0) is 15.8. The summed E-state index contributed by atoms with van der Waals surface area (Å²) < 4.78 is 13.7. The largest absolute Gasteiger partial charge is 0.206 e. The number of benzene rings is 1. The molecule has 1 aliphatic carbocycles. The highest BCUT2D eigenvalue weighted by Crippen LogP contribution is 2.37. The van der Waals surface area contributed by atoms with Crippen LogP contribution in [-0.4, -0.2) is 0 Å². The summed E-state index contributed by atoms with van der Waals surface area (Å²) in [4.78, 5) is 0. The van der Waals surface area contributed by atoms with Gasteiger partial charge in [-0.3, -0.25) is 0 Å². The van der Waals surface area contributed by atoms with Crippen molar-refractivity contribution >= 4 is 0 Å². The molecule has 0 radical (unpaired) electrons. The maximum absolute atomic E-state index is 13.7. The van der Waals surface area contributed by atoms with Crippen molar-refractivity contribution in [2.24, 2.45) is 5.92 Å². The first-order valence-corrected chi connectivity index (χ1v) is 8.59. The van der Waals surface area contributed by atoms with E-state index in [1.807, 2.05) is 12.1 Å². The summed E-state index contributed by atoms with van der Waals surface area (Å²) in [5, 5.41) is 8.80. The minimum Gasteiger partial charge on any atom is -0.206 e. The second-order valence-electron chi connectivity index (χ2n) is 6.41. The van der Waals surface area contributed by atoms with Crippen LogP contribution in [0.3, 0.4) is 0 Å². The first kappa shape index (κ1) is 16.7. The number of nitrogens with zero attached hydrogens (tertiary/aromatic N) is 1. The van der Waals surface area contributed by atoms with E-state index in [1.54, 1.807) is 12.1 Å². The topological polar surface area (TPSA) is 23.8 Å². The minimum atomic E-state index is -0.372. The van der Waals surface area contributed by atoms with Crippen LogP contribution in [0.15, 0.2) is 30.4 Å². The maximum atomic E-state index is 13.7. The lowest BCUT2D eigenvalue weighted by Gasteiger charge is -2.28. The lowest BCUT2D eigenvalue weighted by molar-refractivity contribution is 0.311. The molecule has 0 heterocycles. The fourth-order valence-corrected chi connectivity index (χ4v) is 3.39. The van der Waals surface area contributed by atoms with Gasteiger partial charge in [-0.05, 0) is 74.5 Å². The van der Waals surface area contributed by atoms with E-state index in [2.05, 4.69) is 19.1 Å². The Kier molecular flexibility index (Phi) is 6.65. The predicted octanol–water partition coefficient (Wildman–Crippen LogP) is 6.11. The normalized spacial score (nSPS) is 21.9. The fourth-order valence-electron chi connectivity index (χ4n) is 3.39. The summed E-state index contributed by atoms with van der Waals surface area (Å²) >= 11 is 0. The molecule has 1 nitrogen and oxygen atoms in total. The van der Waals surface area contributed by atoms with E-state index >= 15 is 0 Å². The van der Waals surface area contributed by atoms with Crippen LogP contribution in [0.4, 0.5) is 4.39 Å². The molecule has 0 aromatic heterocycles. The van der Waals surface area contributed by atoms with Crippen molar-refractivity contribution in [3.8, 4) is 6.07 Å². The van der Waals surface area contributed by atoms with E-state index in [0.29, 0.717) is 5.92 Å². The number of hydrogen-bond acceptors (Lipinski definition) is 1. The Morgan fingerprint density at radius 3 is 2.55 bits per heavy atom. The number of allylic oxidation sites excluding steroid dienone is 2. The molecule has 1 saturated carbocycles. The molecule has 1 fully saturated rings. The van der Waals surface area contributed by atoms with Gasteiger partial charge in [-0.25, -0.2) is 4.39 Å². The molecule has 1 aromatic rings. The molecule has 2 rings (SSSR count). The number of halogens is 1. The van der Waals surface area contributed by atoms with Crippen molar-refractivity contribution in [1.82, 2.24) is 0 Å². The molecule has 0 saturated heterocycles. The van der Waals surface area contributed by atoms with Crippen LogP contribution in [0.2, 0.25) is 0 Å². The Bertz CT molecular complexity index is 533. The highest BCUT2D eigenvalue weighted by atomic mass is 19.1. The van der Waals surface area contributed by atoms with Crippen LogP contribution in [0, 0.1) is 23.1 Å². The van der Waals surface area contributed by atoms with Gasteiger partial charge in [0.05, 0.1) is 5.56 Å². The highest BCUT2D eigenvalue weighted by molar-refractivity contribution is 5.34. The van der Waals surface area contributed by atoms with Crippen molar-refractivity contribution in [1.29, 1.82) is 5.26 Å². The first-order valence-electron chi connectivity index (χ1n) is 8.59. The zero-order valence-electron chi connectivity index (χ0n) is 13.5. The van der Waals surface area contributed by atoms with Gasteiger partial charge in [-0.15, -0.1) is 0 Å². The Hall–Kier alpha value is -1.62. The molecule has 0 atom stereocenters. The maximum Gasteiger partial charge on any atom is 0.141 e. The third-order valence-corrected chi connectivity index (χ3v) is 4.80. The molecule has 0 unspecified atom stereocenters. The molecule has 1 aliphatic rings. The van der Waals surface area contributed by atoms with Crippen LogP contribution in [0.5, 0.6) is 0 Å². The molecule has 2 heteroatoms. The summed E-state index contributed by atoms with van der Waals surface area (Å²) in [6, 6.07) is 7.01. The molecular weight excluding hydrogens is 273 g/mol. The summed E-state index contributed by atoms with van der Waals surface area (Å²) in [5.41, 5.74) is 1.22. The molecule has 22 heavy (non-hydrogen) atoms. The second kappa shape index (κ2) is 8.73. The van der Waals surface area contributed by atoms with Gasteiger partial charge in [0.25, 0.3) is 0 Å². The SMILES string of the molecule is CCCC=CCCC1CCC(c2ccc(C#N)c(F)c2)CC1. The molecule has 0 bridgehead atoms. The van der Waals surface area contributed by atoms with Crippen molar-refractivity contribution in [2.75, 3.05) is 0 Å². The smallest absolute Gasteiger partial charge is 0.141 e. The van der Waals surface area contributed by atoms with E-state index in [1.165, 1.54) is 38.5 Å². The van der Waals surface area contributed by atoms with Crippen molar-refractivity contribution in [2.45, 2.75) is 64.2 Å². The van der Waals surface area contributed by atoms with E-state index < -0.39 is 0 Å². The summed E-state index contributed by atoms with van der Waals surface area (Å²) in [5.74, 6) is 0.920. The molecule has 0 amide bonds. The van der Waals surface area contributed by atoms with Crippen LogP contribution >= 0.6 is 0 Å². The molecule has 118 valence electrons. The molecule has 0 spiro atoms. The monoisotopic (exact) mass is 299 g/mol. The molecular formula is C20H26FN. The quantitative estimate of drug-likeness (QED) is 0.581. The number of nitriles is 1. The number of unbranched alkanes of at least 4 members (excludes halogenated alkanes) is 1. The third kappa shape index (κ3) is 4.70. The van der Waals surface area contributed by atoms with Gasteiger partial charge >= 0.3 is 0 Å². The molecule has 1 aromatic carbocycles. The lowest BCUT2D eigenvalue weighted by atomic mass is 9.77. The zero-order valence-corrected chi connectivity index (χ0v) is 13.5. The van der Waals surface area contributed by atoms with Gasteiger partial charge in [0.2, 0.25) is 0 Å². The Morgan fingerprint density at radius 2 is 1.91 bits per heavy atom. The van der Waals surface area contributed by atoms with Crippen molar-refractivity contribution in [3.63, 3.8) is 0 Å². The summed E-state index contributed by atoms with van der Waals surface area (Å²) in [7, 11) is 0. The Labute approximate surface area is 133 Å². The number of rotatable bonds is 6. The lowest BCUT2D eigenvalue weighted by Crippen LogP contribution is -2.13. The summed E-state index contributed by atoms with van der Waals surface area (Å²) in [6.45, 7) is 2.21. The predicted molar refractivity (Wildman–Crippen MR) is 89.1 cm³/mol. The van der Waals surface area contributed by atoms with Crippen LogP contribution in [-0.2, 0) is 0 Å². The standard InChI is InChI=1S/C20H26FN/c1-2-3-4-5-6-7-16-8-10-17(11-9-16)18-12-13-19(15-22)20(21)14-18/h4-5,12-14,16-17H,2-3,6-11H2,1H3. The van der Waals surface area contributed by atoms with E-state index in [0.717, 1.165) is 24.3 Å². The Morgan fingerprint density at radius 1 is 1.18 bits per heavy atom. The second-order valence-corrected chi connectivity index (χ2v) is 6.41. The minimum absolute atomic E-state index is 0.149. The average Bonchev–Trinajstić information content (AvgIpc) is 2.55. The summed E-state index contributed by atoms with van der Waals surface area (Å²) in [6.07, 6.45) is 14.3. The average molecular weight is 299 g/mol. The highest BCUT2D eigenvalue weighted by Gasteiger charge is 2.22. The van der Waals surface area contributed by atoms with Crippen LogP contribution in [0.25, 0.3) is 0 Å². The number of hydrogen-bond donors (Lipinski definition) is 0. The van der Waals surface area contributed by atoms with Gasteiger partial charge in [0, 0.05) is 0 Å². The van der Waals surface area contributed by atoms with Gasteiger partial charge < -0.3 is 0 Å². The van der Waals surface area contributed by atoms with Crippen LogP contribution in [0.1, 0.15) is 75.3 Å². The molecule has 0 N–H and O–H groups in total. The van der Waals surface area contributed by atoms with Gasteiger partial charge in [-0.2, -0.15) is 5.26 Å². The fraction of sp³-hybridized carbons (Fsp3) is 0.550. The van der Waals surface area contributed by atoms with Gasteiger partial charge in [-0.1, -0.05) is 31.6 Å². The third-order valence-electron chi connectivity index (χ3n) is 4.80. The van der Waals surface area contributed by atoms with Gasteiger partial charge in [0.15, 0.2) is 0 Å². The van der Waals surface area contributed by atoms with Gasteiger partial charge in [0.1, 0.15) is 11.9 Å².